The summed E-state index contributed by atoms with van der Waals surface area (Å²) < 4.78 is 6.59. The molecule has 1 aliphatic heterocycles. The Bertz CT molecular complexity index is 847. The highest BCUT2D eigenvalue weighted by Crippen LogP contribution is 2.20. The molecule has 2 aromatic heterocycles. The van der Waals surface area contributed by atoms with Gasteiger partial charge in [-0.15, -0.1) is 0 Å². The van der Waals surface area contributed by atoms with Gasteiger partial charge in [0.25, 0.3) is 0 Å². The zero-order valence-electron chi connectivity index (χ0n) is 11.7. The number of nitrogens with zero attached hydrogens (tertiary/aromatic N) is 3. The van der Waals surface area contributed by atoms with E-state index in [2.05, 4.69) is 9.98 Å². The van der Waals surface area contributed by atoms with Crippen molar-refractivity contribution in [2.24, 2.45) is 4.99 Å². The van der Waals surface area contributed by atoms with Gasteiger partial charge in [-0.2, -0.15) is 0 Å². The van der Waals surface area contributed by atoms with Crippen LogP contribution in [-0.2, 0) is 4.74 Å². The SMILES string of the molecule is CCOC(=O)c1cn(C2=NCCS2)c2nc(Cl)ccc2c1=O. The maximum absolute atomic E-state index is 12.5. The summed E-state index contributed by atoms with van der Waals surface area (Å²) in [4.78, 5) is 33.1. The first-order valence-electron chi connectivity index (χ1n) is 6.68. The summed E-state index contributed by atoms with van der Waals surface area (Å²) in [7, 11) is 0. The number of aromatic nitrogens is 2. The number of carbonyl (C=O) groups is 1. The lowest BCUT2D eigenvalue weighted by molar-refractivity contribution is 0.0524. The van der Waals surface area contributed by atoms with E-state index < -0.39 is 11.4 Å². The van der Waals surface area contributed by atoms with Gasteiger partial charge >= 0.3 is 5.97 Å². The molecule has 0 fully saturated rings. The molecule has 0 bridgehead atoms. The molecule has 0 spiro atoms. The van der Waals surface area contributed by atoms with Crippen LogP contribution < -0.4 is 5.43 Å². The Balaban J connectivity index is 2.31. The fourth-order valence-corrected chi connectivity index (χ4v) is 3.12. The zero-order valence-corrected chi connectivity index (χ0v) is 13.3. The molecule has 0 unspecified atom stereocenters. The second-order valence-corrected chi connectivity index (χ2v) is 5.93. The van der Waals surface area contributed by atoms with Crippen molar-refractivity contribution in [2.45, 2.75) is 6.92 Å². The Kier molecular flexibility index (Phi) is 4.17. The molecule has 0 N–H and O–H groups in total. The first-order chi connectivity index (χ1) is 10.6. The zero-order chi connectivity index (χ0) is 15.7. The quantitative estimate of drug-likeness (QED) is 0.620. The highest BCUT2D eigenvalue weighted by atomic mass is 35.5. The lowest BCUT2D eigenvalue weighted by atomic mass is 10.2. The molecule has 22 heavy (non-hydrogen) atoms. The summed E-state index contributed by atoms with van der Waals surface area (Å²) in [5.41, 5.74) is -0.0650. The van der Waals surface area contributed by atoms with E-state index in [0.29, 0.717) is 22.7 Å². The smallest absolute Gasteiger partial charge is 0.343 e. The van der Waals surface area contributed by atoms with E-state index in [0.717, 1.165) is 5.75 Å². The highest BCUT2D eigenvalue weighted by molar-refractivity contribution is 8.14. The van der Waals surface area contributed by atoms with E-state index >= 15 is 0 Å². The maximum atomic E-state index is 12.5. The Morgan fingerprint density at radius 2 is 2.32 bits per heavy atom. The summed E-state index contributed by atoms with van der Waals surface area (Å²) in [5.74, 6) is 0.194. The first kappa shape index (κ1) is 15.1. The molecule has 0 aromatic carbocycles. The molecule has 2 aromatic rings. The lowest BCUT2D eigenvalue weighted by Gasteiger charge is -2.11. The fraction of sp³-hybridized carbons (Fsp3) is 0.286. The number of halogens is 1. The Hall–Kier alpha value is -1.86. The number of carbonyl (C=O) groups excluding carboxylic acids is 1. The van der Waals surface area contributed by atoms with Crippen LogP contribution in [0.5, 0.6) is 0 Å². The molecule has 114 valence electrons. The topological polar surface area (TPSA) is 73.6 Å². The number of pyridine rings is 2. The van der Waals surface area contributed by atoms with Crippen molar-refractivity contribution in [3.8, 4) is 0 Å². The van der Waals surface area contributed by atoms with E-state index in [-0.39, 0.29) is 17.3 Å². The minimum absolute atomic E-state index is 0.0336. The normalized spacial score (nSPS) is 14.2. The number of rotatable bonds is 2. The third-order valence-corrected chi connectivity index (χ3v) is 4.27. The van der Waals surface area contributed by atoms with Gasteiger partial charge in [-0.25, -0.2) is 9.78 Å². The molecule has 0 saturated carbocycles. The van der Waals surface area contributed by atoms with Crippen LogP contribution in [0.25, 0.3) is 11.0 Å². The van der Waals surface area contributed by atoms with Crippen LogP contribution in [0.15, 0.2) is 28.1 Å². The van der Waals surface area contributed by atoms with Crippen molar-refractivity contribution < 1.29 is 9.53 Å². The molecule has 3 rings (SSSR count). The summed E-state index contributed by atoms with van der Waals surface area (Å²) in [6, 6.07) is 3.08. The van der Waals surface area contributed by atoms with Crippen LogP contribution in [-0.4, -0.2) is 39.6 Å². The van der Waals surface area contributed by atoms with Gasteiger partial charge in [0.1, 0.15) is 10.7 Å². The number of esters is 1. The van der Waals surface area contributed by atoms with Crippen molar-refractivity contribution in [1.29, 1.82) is 0 Å². The number of aliphatic imine (C=N–C) groups is 1. The molecule has 8 heteroatoms. The summed E-state index contributed by atoms with van der Waals surface area (Å²) in [6.45, 7) is 2.57. The van der Waals surface area contributed by atoms with E-state index in [1.807, 2.05) is 0 Å². The molecule has 0 atom stereocenters. The molecule has 6 nitrogen and oxygen atoms in total. The third-order valence-electron chi connectivity index (χ3n) is 3.09. The van der Waals surface area contributed by atoms with Gasteiger partial charge in [-0.1, -0.05) is 23.4 Å². The molecule has 3 heterocycles. The Morgan fingerprint density at radius 1 is 1.50 bits per heavy atom. The standard InChI is InChI=1S/C14H12ClN3O3S/c1-2-21-13(20)9-7-18(14-16-5-6-22-14)12-8(11(9)19)3-4-10(15)17-12/h3-4,7H,2,5-6H2,1H3. The van der Waals surface area contributed by atoms with Gasteiger partial charge in [-0.05, 0) is 19.1 Å². The highest BCUT2D eigenvalue weighted by Gasteiger charge is 2.20. The maximum Gasteiger partial charge on any atom is 0.343 e. The molecular weight excluding hydrogens is 326 g/mol. The molecule has 1 aliphatic rings. The molecule has 0 saturated heterocycles. The molecule has 0 aliphatic carbocycles. The van der Waals surface area contributed by atoms with Gasteiger partial charge < -0.3 is 4.74 Å². The van der Waals surface area contributed by atoms with Gasteiger partial charge in [-0.3, -0.25) is 14.4 Å². The summed E-state index contributed by atoms with van der Waals surface area (Å²) >= 11 is 7.47. The largest absolute Gasteiger partial charge is 0.462 e. The van der Waals surface area contributed by atoms with E-state index in [9.17, 15) is 9.59 Å². The third kappa shape index (κ3) is 2.62. The van der Waals surface area contributed by atoms with Crippen molar-refractivity contribution in [2.75, 3.05) is 18.9 Å². The summed E-state index contributed by atoms with van der Waals surface area (Å²) in [5, 5.41) is 1.27. The second-order valence-electron chi connectivity index (χ2n) is 4.48. The van der Waals surface area contributed by atoms with Crippen molar-refractivity contribution in [3.63, 3.8) is 0 Å². The molecule has 0 radical (unpaired) electrons. The predicted molar refractivity (Wildman–Crippen MR) is 87.1 cm³/mol. The van der Waals surface area contributed by atoms with Gasteiger partial charge in [0.05, 0.1) is 18.5 Å². The first-order valence-corrected chi connectivity index (χ1v) is 8.05. The monoisotopic (exact) mass is 337 g/mol. The van der Waals surface area contributed by atoms with Crippen LogP contribution in [0.3, 0.4) is 0 Å². The average molecular weight is 338 g/mol. The van der Waals surface area contributed by atoms with Crippen LogP contribution in [0.1, 0.15) is 17.3 Å². The second kappa shape index (κ2) is 6.10. The predicted octanol–water partition coefficient (Wildman–Crippen LogP) is 2.18. The Morgan fingerprint density at radius 3 is 3.00 bits per heavy atom. The van der Waals surface area contributed by atoms with Crippen LogP contribution >= 0.6 is 23.4 Å². The fourth-order valence-electron chi connectivity index (χ4n) is 2.15. The Labute approximate surface area is 135 Å². The van der Waals surface area contributed by atoms with Crippen molar-refractivity contribution >= 4 is 45.5 Å². The number of thioether (sulfide) groups is 1. The van der Waals surface area contributed by atoms with Crippen molar-refractivity contribution in [3.05, 3.63) is 39.3 Å². The molecular formula is C14H12ClN3O3S. The number of fused-ring (bicyclic) bond motifs is 1. The van der Waals surface area contributed by atoms with Gasteiger partial charge in [0.2, 0.25) is 5.43 Å². The lowest BCUT2D eigenvalue weighted by Crippen LogP contribution is -2.23. The average Bonchev–Trinajstić information content (AvgIpc) is 3.01. The van der Waals surface area contributed by atoms with E-state index in [1.54, 1.807) is 17.6 Å². The number of hydrogen-bond acceptors (Lipinski definition) is 6. The van der Waals surface area contributed by atoms with Gasteiger partial charge in [0, 0.05) is 11.9 Å². The molecule has 0 amide bonds. The summed E-state index contributed by atoms with van der Waals surface area (Å²) in [6.07, 6.45) is 1.43. The van der Waals surface area contributed by atoms with Crippen LogP contribution in [0, 0.1) is 0 Å². The number of hydrogen-bond donors (Lipinski definition) is 0. The van der Waals surface area contributed by atoms with E-state index in [4.69, 9.17) is 16.3 Å². The van der Waals surface area contributed by atoms with Crippen LogP contribution in [0.2, 0.25) is 5.15 Å². The van der Waals surface area contributed by atoms with Crippen molar-refractivity contribution in [1.82, 2.24) is 9.55 Å². The van der Waals surface area contributed by atoms with Gasteiger partial charge in [0.15, 0.2) is 10.8 Å². The minimum atomic E-state index is -0.651. The minimum Gasteiger partial charge on any atom is -0.462 e. The number of ether oxygens (including phenoxy) is 1. The van der Waals surface area contributed by atoms with Crippen LogP contribution in [0.4, 0.5) is 0 Å². The van der Waals surface area contributed by atoms with E-state index in [1.165, 1.54) is 24.0 Å².